The minimum absolute atomic E-state index is 0.286. The molecule has 98 valence electrons. The molecule has 0 aliphatic heterocycles. The van der Waals surface area contributed by atoms with Crippen molar-refractivity contribution in [3.63, 3.8) is 0 Å². The van der Waals surface area contributed by atoms with Crippen LogP contribution < -0.4 is 10.4 Å². The Hall–Kier alpha value is -0.909. The van der Waals surface area contributed by atoms with Gasteiger partial charge in [0.05, 0.1) is 15.4 Å². The lowest BCUT2D eigenvalue weighted by atomic mass is 10.4. The van der Waals surface area contributed by atoms with Crippen LogP contribution in [0.1, 0.15) is 0 Å². The van der Waals surface area contributed by atoms with E-state index in [1.165, 1.54) is 0 Å². The maximum absolute atomic E-state index is 2.62. The van der Waals surface area contributed by atoms with Crippen molar-refractivity contribution in [1.82, 2.24) is 0 Å². The van der Waals surface area contributed by atoms with E-state index < -0.39 is 15.4 Å². The molecule has 2 radical (unpaired) electrons. The van der Waals surface area contributed by atoms with E-state index in [9.17, 15) is 0 Å². The Labute approximate surface area is 121 Å². The first-order valence-corrected chi connectivity index (χ1v) is 15.8. The predicted octanol–water partition coefficient (Wildman–Crippen LogP) is 2.92. The standard InChI is InChI=1S/C16H22Si3/c1-17(2)19(4,16-13-9-6-10-14-16)18(3)15-11-7-5-8-12-15/h5-14H,1-4H3. The Morgan fingerprint density at radius 2 is 1.21 bits per heavy atom. The molecule has 0 aliphatic rings. The Balaban J connectivity index is 2.46. The summed E-state index contributed by atoms with van der Waals surface area (Å²) in [6.07, 6.45) is 0. The molecule has 0 amide bonds. The van der Waals surface area contributed by atoms with E-state index in [0.29, 0.717) is 0 Å². The van der Waals surface area contributed by atoms with Gasteiger partial charge in [0.1, 0.15) is 0 Å². The fourth-order valence-corrected chi connectivity index (χ4v) is 23.1. The highest BCUT2D eigenvalue weighted by Gasteiger charge is 2.41. The average molecular weight is 299 g/mol. The minimum Gasteiger partial charge on any atom is -0.0732 e. The lowest BCUT2D eigenvalue weighted by Crippen LogP contribution is -2.69. The lowest BCUT2D eigenvalue weighted by molar-refractivity contribution is 1.73. The summed E-state index contributed by atoms with van der Waals surface area (Å²) >= 11 is 0. The topological polar surface area (TPSA) is 0 Å². The van der Waals surface area contributed by atoms with E-state index in [-0.39, 0.29) is 8.31 Å². The maximum Gasteiger partial charge on any atom is 0.0769 e. The Kier molecular flexibility index (Phi) is 4.60. The minimum atomic E-state index is -1.34. The second kappa shape index (κ2) is 6.03. The molecule has 0 nitrogen and oxygen atoms in total. The summed E-state index contributed by atoms with van der Waals surface area (Å²) in [4.78, 5) is 0. The molecule has 0 heterocycles. The van der Waals surface area contributed by atoms with Crippen LogP contribution in [0.4, 0.5) is 0 Å². The van der Waals surface area contributed by atoms with Crippen molar-refractivity contribution in [2.24, 2.45) is 0 Å². The molecule has 0 aromatic heterocycles. The summed E-state index contributed by atoms with van der Waals surface area (Å²) in [5, 5.41) is 3.27. The van der Waals surface area contributed by atoms with Gasteiger partial charge in [0, 0.05) is 8.31 Å². The molecule has 1 atom stereocenters. The van der Waals surface area contributed by atoms with Gasteiger partial charge < -0.3 is 0 Å². The third-order valence-electron chi connectivity index (χ3n) is 4.31. The van der Waals surface area contributed by atoms with E-state index in [4.69, 9.17) is 0 Å². The molecule has 3 heteroatoms. The van der Waals surface area contributed by atoms with Crippen molar-refractivity contribution in [2.75, 3.05) is 0 Å². The highest BCUT2D eigenvalue weighted by Crippen LogP contribution is 2.13. The lowest BCUT2D eigenvalue weighted by Gasteiger charge is -2.36. The quantitative estimate of drug-likeness (QED) is 0.762. The number of hydrogen-bond acceptors (Lipinski definition) is 0. The summed E-state index contributed by atoms with van der Waals surface area (Å²) in [7, 11) is -2.10. The van der Waals surface area contributed by atoms with Crippen LogP contribution >= 0.6 is 0 Å². The summed E-state index contributed by atoms with van der Waals surface area (Å²) in [6.45, 7) is 10.2. The van der Waals surface area contributed by atoms with Gasteiger partial charge in [0.2, 0.25) is 0 Å². The highest BCUT2D eigenvalue weighted by molar-refractivity contribution is 7.65. The van der Waals surface area contributed by atoms with Crippen LogP contribution in [-0.2, 0) is 0 Å². The molecular formula is C16H22Si3. The monoisotopic (exact) mass is 298 g/mol. The van der Waals surface area contributed by atoms with Gasteiger partial charge in [-0.25, -0.2) is 0 Å². The van der Waals surface area contributed by atoms with Gasteiger partial charge in [-0.3, -0.25) is 0 Å². The van der Waals surface area contributed by atoms with E-state index >= 15 is 0 Å². The van der Waals surface area contributed by atoms with Crippen molar-refractivity contribution in [2.45, 2.75) is 26.2 Å². The molecule has 19 heavy (non-hydrogen) atoms. The third kappa shape index (κ3) is 2.83. The molecule has 0 saturated heterocycles. The Bertz CT molecular complexity index is 510. The zero-order valence-electron chi connectivity index (χ0n) is 12.3. The molecule has 2 aromatic rings. The molecule has 0 saturated carbocycles. The van der Waals surface area contributed by atoms with Crippen LogP contribution in [0.5, 0.6) is 0 Å². The summed E-state index contributed by atoms with van der Waals surface area (Å²) in [6, 6.07) is 22.5. The predicted molar refractivity (Wildman–Crippen MR) is 92.9 cm³/mol. The van der Waals surface area contributed by atoms with Gasteiger partial charge in [0.15, 0.2) is 0 Å². The SMILES string of the molecule is C[Si](C)[Si](C)(c1ccccc1)[Si](C)c1ccccc1. The van der Waals surface area contributed by atoms with Crippen molar-refractivity contribution in [3.8, 4) is 0 Å². The molecule has 0 fully saturated rings. The Morgan fingerprint density at radius 3 is 1.68 bits per heavy atom. The molecule has 2 rings (SSSR count). The summed E-state index contributed by atoms with van der Waals surface area (Å²) in [5.41, 5.74) is 0. The first-order chi connectivity index (χ1) is 9.06. The van der Waals surface area contributed by atoms with Crippen LogP contribution in [0.2, 0.25) is 26.2 Å². The molecule has 0 aliphatic carbocycles. The average Bonchev–Trinajstić information content (AvgIpc) is 2.47. The van der Waals surface area contributed by atoms with Crippen LogP contribution in [-0.4, -0.2) is 23.7 Å². The van der Waals surface area contributed by atoms with Crippen molar-refractivity contribution >= 4 is 34.1 Å². The molecule has 0 N–H and O–H groups in total. The van der Waals surface area contributed by atoms with Gasteiger partial charge in [-0.1, -0.05) is 97.2 Å². The first kappa shape index (κ1) is 14.5. The van der Waals surface area contributed by atoms with Crippen LogP contribution in [0.3, 0.4) is 0 Å². The fourth-order valence-electron chi connectivity index (χ4n) is 2.63. The largest absolute Gasteiger partial charge is 0.0769 e. The molecule has 0 spiro atoms. The van der Waals surface area contributed by atoms with Crippen molar-refractivity contribution in [3.05, 3.63) is 60.7 Å². The second-order valence-electron chi connectivity index (χ2n) is 5.48. The maximum atomic E-state index is 2.62. The number of rotatable bonds is 4. The fraction of sp³-hybridized carbons (Fsp3) is 0.250. The van der Waals surface area contributed by atoms with Crippen molar-refractivity contribution in [1.29, 1.82) is 0 Å². The van der Waals surface area contributed by atoms with Gasteiger partial charge in [-0.2, -0.15) is 0 Å². The highest BCUT2D eigenvalue weighted by atomic mass is 29.6. The van der Waals surface area contributed by atoms with E-state index in [1.54, 1.807) is 10.4 Å². The van der Waals surface area contributed by atoms with Crippen LogP contribution in [0, 0.1) is 0 Å². The Morgan fingerprint density at radius 1 is 0.737 bits per heavy atom. The van der Waals surface area contributed by atoms with Gasteiger partial charge in [-0.15, -0.1) is 0 Å². The van der Waals surface area contributed by atoms with Crippen molar-refractivity contribution < 1.29 is 0 Å². The molecular weight excluding hydrogens is 276 g/mol. The number of benzene rings is 2. The number of hydrogen-bond donors (Lipinski definition) is 0. The zero-order valence-corrected chi connectivity index (χ0v) is 15.3. The molecule has 2 aromatic carbocycles. The van der Waals surface area contributed by atoms with Gasteiger partial charge in [-0.05, 0) is 0 Å². The summed E-state index contributed by atoms with van der Waals surface area (Å²) in [5.74, 6) is 0. The second-order valence-corrected chi connectivity index (χ2v) is 24.9. The first-order valence-electron chi connectivity index (χ1n) is 6.82. The summed E-state index contributed by atoms with van der Waals surface area (Å²) < 4.78 is 0. The van der Waals surface area contributed by atoms with E-state index in [0.717, 1.165) is 0 Å². The van der Waals surface area contributed by atoms with Crippen LogP contribution in [0.25, 0.3) is 0 Å². The van der Waals surface area contributed by atoms with Crippen LogP contribution in [0.15, 0.2) is 60.7 Å². The zero-order chi connectivity index (χ0) is 13.9. The van der Waals surface area contributed by atoms with Gasteiger partial charge in [0.25, 0.3) is 0 Å². The third-order valence-corrected chi connectivity index (χ3v) is 31.5. The smallest absolute Gasteiger partial charge is 0.0732 e. The van der Waals surface area contributed by atoms with Gasteiger partial charge >= 0.3 is 0 Å². The molecule has 0 bridgehead atoms. The van der Waals surface area contributed by atoms with E-state index in [1.807, 2.05) is 0 Å². The molecule has 1 unspecified atom stereocenters. The van der Waals surface area contributed by atoms with E-state index in [2.05, 4.69) is 86.9 Å². The normalized spacial score (nSPS) is 14.6.